The van der Waals surface area contributed by atoms with Crippen molar-refractivity contribution in [1.29, 1.82) is 0 Å². The fourth-order valence-corrected chi connectivity index (χ4v) is 4.28. The van der Waals surface area contributed by atoms with Gasteiger partial charge in [0.25, 0.3) is 0 Å². The molecule has 0 bridgehead atoms. The summed E-state index contributed by atoms with van der Waals surface area (Å²) in [7, 11) is -2.87. The molecule has 1 heterocycles. The molecule has 1 rings (SSSR count). The maximum atomic E-state index is 6.12. The first kappa shape index (κ1) is 15.4. The SMILES string of the molecule is CCCC(C)O[Si](OCC)(OCC)n1ccnc1. The van der Waals surface area contributed by atoms with Crippen molar-refractivity contribution in [3.63, 3.8) is 0 Å². The zero-order valence-corrected chi connectivity index (χ0v) is 12.8. The number of hydrogen-bond donors (Lipinski definition) is 0. The van der Waals surface area contributed by atoms with Crippen molar-refractivity contribution in [2.24, 2.45) is 0 Å². The summed E-state index contributed by atoms with van der Waals surface area (Å²) in [4.78, 5) is 4.06. The smallest absolute Gasteiger partial charge is 0.356 e. The highest BCUT2D eigenvalue weighted by atomic mass is 28.4. The Hall–Kier alpha value is -0.693. The molecule has 0 N–H and O–H groups in total. The van der Waals surface area contributed by atoms with Crippen molar-refractivity contribution >= 4 is 8.97 Å². The van der Waals surface area contributed by atoms with Gasteiger partial charge in [0.2, 0.25) is 0 Å². The van der Waals surface area contributed by atoms with Crippen molar-refractivity contribution in [3.05, 3.63) is 18.7 Å². The van der Waals surface area contributed by atoms with Crippen molar-refractivity contribution in [2.45, 2.75) is 46.6 Å². The highest BCUT2D eigenvalue weighted by molar-refractivity contribution is 6.59. The number of aromatic nitrogens is 2. The average Bonchev–Trinajstić information content (AvgIpc) is 2.83. The molecule has 0 aromatic carbocycles. The Morgan fingerprint density at radius 2 is 1.89 bits per heavy atom. The van der Waals surface area contributed by atoms with E-state index in [0.717, 1.165) is 12.8 Å². The minimum atomic E-state index is -2.87. The lowest BCUT2D eigenvalue weighted by Crippen LogP contribution is -2.54. The Balaban J connectivity index is 2.90. The van der Waals surface area contributed by atoms with Gasteiger partial charge in [0.1, 0.15) is 0 Å². The molecule has 0 spiro atoms. The first-order chi connectivity index (χ1) is 8.68. The van der Waals surface area contributed by atoms with Crippen molar-refractivity contribution in [3.8, 4) is 0 Å². The Bertz CT molecular complexity index is 313. The summed E-state index contributed by atoms with van der Waals surface area (Å²) in [6.07, 6.45) is 7.44. The molecule has 5 nitrogen and oxygen atoms in total. The van der Waals surface area contributed by atoms with Gasteiger partial charge in [0.15, 0.2) is 0 Å². The summed E-state index contributed by atoms with van der Waals surface area (Å²) < 4.78 is 19.7. The number of imidazole rings is 1. The standard InChI is InChI=1S/C12H24N2O3Si/c1-5-8-12(4)17-18(15-6-2,16-7-3)14-10-9-13-11-14/h9-12H,5-8H2,1-4H3. The summed E-state index contributed by atoms with van der Waals surface area (Å²) in [6, 6.07) is 0. The third-order valence-electron chi connectivity index (χ3n) is 2.52. The van der Waals surface area contributed by atoms with Crippen molar-refractivity contribution in [1.82, 2.24) is 9.22 Å². The van der Waals surface area contributed by atoms with Crippen LogP contribution in [0.15, 0.2) is 18.7 Å². The zero-order valence-electron chi connectivity index (χ0n) is 11.8. The second kappa shape index (κ2) is 7.68. The molecule has 1 aromatic rings. The Morgan fingerprint density at radius 3 is 2.33 bits per heavy atom. The van der Waals surface area contributed by atoms with Crippen molar-refractivity contribution in [2.75, 3.05) is 13.2 Å². The van der Waals surface area contributed by atoms with Crippen molar-refractivity contribution < 1.29 is 13.3 Å². The molecule has 1 atom stereocenters. The fourth-order valence-electron chi connectivity index (χ4n) is 1.83. The lowest BCUT2D eigenvalue weighted by molar-refractivity contribution is 0.0268. The molecule has 0 saturated carbocycles. The molecule has 1 unspecified atom stereocenters. The molecule has 0 aliphatic carbocycles. The third-order valence-corrected chi connectivity index (χ3v) is 5.42. The molecule has 0 fully saturated rings. The normalized spacial score (nSPS) is 13.8. The maximum absolute atomic E-state index is 6.12. The lowest BCUT2D eigenvalue weighted by atomic mass is 10.2. The van der Waals surface area contributed by atoms with E-state index in [2.05, 4.69) is 18.8 Å². The van der Waals surface area contributed by atoms with Crippen LogP contribution in [0.5, 0.6) is 0 Å². The zero-order chi connectivity index (χ0) is 13.4. The van der Waals surface area contributed by atoms with Crippen LogP contribution in [0.4, 0.5) is 0 Å². The van der Waals surface area contributed by atoms with E-state index in [0.29, 0.717) is 13.2 Å². The predicted octanol–water partition coefficient (Wildman–Crippen LogP) is 2.45. The van der Waals surface area contributed by atoms with Gasteiger partial charge in [-0.25, -0.2) is 4.98 Å². The van der Waals surface area contributed by atoms with Gasteiger partial charge in [-0.15, -0.1) is 0 Å². The van der Waals surface area contributed by atoms with Gasteiger partial charge in [-0.1, -0.05) is 13.3 Å². The lowest BCUT2D eigenvalue weighted by Gasteiger charge is -2.31. The Kier molecular flexibility index (Phi) is 6.55. The topological polar surface area (TPSA) is 45.5 Å². The van der Waals surface area contributed by atoms with E-state index >= 15 is 0 Å². The van der Waals surface area contributed by atoms with E-state index in [1.165, 1.54) is 0 Å². The van der Waals surface area contributed by atoms with Crippen LogP contribution in [0.25, 0.3) is 0 Å². The molecule has 0 amide bonds. The van der Waals surface area contributed by atoms with Crippen LogP contribution in [0.2, 0.25) is 0 Å². The van der Waals surface area contributed by atoms with Crippen LogP contribution in [0, 0.1) is 0 Å². The van der Waals surface area contributed by atoms with Gasteiger partial charge < -0.3 is 13.3 Å². The minimum Gasteiger partial charge on any atom is -0.356 e. The second-order valence-corrected chi connectivity index (χ2v) is 6.45. The summed E-state index contributed by atoms with van der Waals surface area (Å²) in [5.74, 6) is 0. The number of rotatable bonds is 9. The van der Waals surface area contributed by atoms with E-state index < -0.39 is 8.97 Å². The molecular formula is C12H24N2O3Si. The number of nitrogens with zero attached hydrogens (tertiary/aromatic N) is 2. The van der Waals surface area contributed by atoms with Crippen LogP contribution in [0.3, 0.4) is 0 Å². The van der Waals surface area contributed by atoms with Gasteiger partial charge in [-0.05, 0) is 27.2 Å². The largest absolute Gasteiger partial charge is 0.638 e. The first-order valence-electron chi connectivity index (χ1n) is 6.62. The van der Waals surface area contributed by atoms with Gasteiger partial charge in [-0.3, -0.25) is 4.23 Å². The van der Waals surface area contributed by atoms with E-state index in [1.807, 2.05) is 24.3 Å². The van der Waals surface area contributed by atoms with Gasteiger partial charge in [-0.2, -0.15) is 0 Å². The first-order valence-corrected chi connectivity index (χ1v) is 8.29. The molecule has 0 radical (unpaired) electrons. The van der Waals surface area contributed by atoms with Gasteiger partial charge in [0, 0.05) is 31.7 Å². The molecule has 0 aliphatic heterocycles. The molecule has 0 saturated heterocycles. The van der Waals surface area contributed by atoms with E-state index in [-0.39, 0.29) is 6.10 Å². The molecule has 104 valence electrons. The highest BCUT2D eigenvalue weighted by Crippen LogP contribution is 2.17. The van der Waals surface area contributed by atoms with Gasteiger partial charge >= 0.3 is 8.97 Å². The maximum Gasteiger partial charge on any atom is 0.638 e. The van der Waals surface area contributed by atoms with Crippen LogP contribution in [0.1, 0.15) is 40.5 Å². The molecule has 1 aromatic heterocycles. The van der Waals surface area contributed by atoms with E-state index in [4.69, 9.17) is 13.3 Å². The van der Waals surface area contributed by atoms with Crippen LogP contribution < -0.4 is 0 Å². The molecule has 6 heteroatoms. The molecule has 18 heavy (non-hydrogen) atoms. The number of hydrogen-bond acceptors (Lipinski definition) is 4. The minimum absolute atomic E-state index is 0.113. The van der Waals surface area contributed by atoms with Crippen LogP contribution in [-0.2, 0) is 13.3 Å². The highest BCUT2D eigenvalue weighted by Gasteiger charge is 2.46. The summed E-state index contributed by atoms with van der Waals surface area (Å²) >= 11 is 0. The van der Waals surface area contributed by atoms with Gasteiger partial charge in [0.05, 0.1) is 6.33 Å². The van der Waals surface area contributed by atoms with Crippen LogP contribution in [-0.4, -0.2) is 37.5 Å². The Labute approximate surface area is 111 Å². The van der Waals surface area contributed by atoms with E-state index in [1.54, 1.807) is 12.5 Å². The monoisotopic (exact) mass is 272 g/mol. The third kappa shape index (κ3) is 3.91. The second-order valence-electron chi connectivity index (χ2n) is 4.08. The summed E-state index contributed by atoms with van der Waals surface area (Å²) in [5.41, 5.74) is 0. The molecule has 0 aliphatic rings. The molecular weight excluding hydrogens is 248 g/mol. The van der Waals surface area contributed by atoms with Crippen LogP contribution >= 0.6 is 0 Å². The quantitative estimate of drug-likeness (QED) is 0.648. The Morgan fingerprint density at radius 1 is 1.22 bits per heavy atom. The average molecular weight is 272 g/mol. The fraction of sp³-hybridized carbons (Fsp3) is 0.750. The predicted molar refractivity (Wildman–Crippen MR) is 72.1 cm³/mol. The van der Waals surface area contributed by atoms with E-state index in [9.17, 15) is 0 Å². The summed E-state index contributed by atoms with van der Waals surface area (Å²) in [6.45, 7) is 9.21. The summed E-state index contributed by atoms with van der Waals surface area (Å²) in [5, 5.41) is 0.